The zero-order valence-corrected chi connectivity index (χ0v) is 5.28. The summed E-state index contributed by atoms with van der Waals surface area (Å²) in [5.74, 6) is -0.378. The highest BCUT2D eigenvalue weighted by Crippen LogP contribution is 2.10. The molecule has 1 atom stereocenters. The van der Waals surface area contributed by atoms with Crippen LogP contribution in [0.2, 0.25) is 0 Å². The van der Waals surface area contributed by atoms with E-state index in [1.54, 1.807) is 0 Å². The van der Waals surface area contributed by atoms with E-state index in [9.17, 15) is 4.79 Å². The fourth-order valence-electron chi connectivity index (χ4n) is 0.715. The van der Waals surface area contributed by atoms with Crippen molar-refractivity contribution in [2.75, 3.05) is 6.61 Å². The first-order valence-electron chi connectivity index (χ1n) is 2.91. The molecule has 56 valence electrons. The van der Waals surface area contributed by atoms with Crippen LogP contribution in [0, 0.1) is 0 Å². The Morgan fingerprint density at radius 1 is 1.80 bits per heavy atom. The van der Waals surface area contributed by atoms with Gasteiger partial charge >= 0.3 is 0 Å². The Morgan fingerprint density at radius 3 is 3.00 bits per heavy atom. The molecule has 1 aliphatic heterocycles. The van der Waals surface area contributed by atoms with Gasteiger partial charge < -0.3 is 14.9 Å². The Kier molecular flexibility index (Phi) is 1.91. The maximum Gasteiger partial charge on any atom is 0.183 e. The molecule has 4 nitrogen and oxygen atoms in total. The smallest absolute Gasteiger partial charge is 0.183 e. The number of hydrogen-bond acceptors (Lipinski definition) is 4. The molecular weight excluding hydrogens is 136 g/mol. The lowest BCUT2D eigenvalue weighted by Crippen LogP contribution is -2.29. The molecule has 1 heterocycles. The molecule has 0 radical (unpaired) electrons. The second-order valence-corrected chi connectivity index (χ2v) is 2.06. The highest BCUT2D eigenvalue weighted by Gasteiger charge is 2.23. The summed E-state index contributed by atoms with van der Waals surface area (Å²) in [6.45, 7) is -0.331. The molecule has 0 bridgehead atoms. The number of rotatable bonds is 1. The van der Waals surface area contributed by atoms with Crippen molar-refractivity contribution in [3.8, 4) is 0 Å². The van der Waals surface area contributed by atoms with Crippen molar-refractivity contribution in [3.63, 3.8) is 0 Å². The quantitative estimate of drug-likeness (QED) is 0.532. The summed E-state index contributed by atoms with van der Waals surface area (Å²) in [5, 5.41) is 17.2. The van der Waals surface area contributed by atoms with E-state index in [1.807, 2.05) is 0 Å². The number of carbonyl (C=O) groups is 1. The predicted octanol–water partition coefficient (Wildman–Crippen LogP) is -0.264. The molecule has 0 aromatic carbocycles. The van der Waals surface area contributed by atoms with Crippen LogP contribution in [-0.4, -0.2) is 28.7 Å². The third-order valence-corrected chi connectivity index (χ3v) is 1.25. The van der Waals surface area contributed by atoms with Crippen LogP contribution >= 0.6 is 0 Å². The van der Waals surface area contributed by atoms with E-state index in [1.165, 1.54) is 0 Å². The molecule has 0 fully saturated rings. The van der Waals surface area contributed by atoms with Crippen LogP contribution in [-0.2, 0) is 9.53 Å². The Morgan fingerprint density at radius 2 is 2.50 bits per heavy atom. The Labute approximate surface area is 57.7 Å². The monoisotopic (exact) mass is 144 g/mol. The van der Waals surface area contributed by atoms with Gasteiger partial charge in [0.25, 0.3) is 0 Å². The molecule has 0 aromatic heterocycles. The summed E-state index contributed by atoms with van der Waals surface area (Å²) in [6, 6.07) is 0. The van der Waals surface area contributed by atoms with Gasteiger partial charge in [-0.05, 0) is 0 Å². The summed E-state index contributed by atoms with van der Waals surface area (Å²) in [7, 11) is 0. The van der Waals surface area contributed by atoms with Gasteiger partial charge in [-0.25, -0.2) is 0 Å². The maximum atomic E-state index is 10.7. The van der Waals surface area contributed by atoms with Crippen molar-refractivity contribution in [2.24, 2.45) is 0 Å². The van der Waals surface area contributed by atoms with Crippen molar-refractivity contribution in [1.29, 1.82) is 0 Å². The average Bonchev–Trinajstić information content (AvgIpc) is 1.88. The Balaban J connectivity index is 2.61. The van der Waals surface area contributed by atoms with E-state index in [-0.39, 0.29) is 24.6 Å². The molecule has 2 N–H and O–H groups in total. The second-order valence-electron chi connectivity index (χ2n) is 2.06. The lowest BCUT2D eigenvalue weighted by molar-refractivity contribution is -0.131. The number of carbonyl (C=O) groups excluding carboxylic acids is 1. The van der Waals surface area contributed by atoms with E-state index < -0.39 is 6.10 Å². The van der Waals surface area contributed by atoms with E-state index >= 15 is 0 Å². The van der Waals surface area contributed by atoms with Crippen molar-refractivity contribution < 1.29 is 19.7 Å². The van der Waals surface area contributed by atoms with E-state index in [0.717, 1.165) is 6.26 Å². The summed E-state index contributed by atoms with van der Waals surface area (Å²) in [6.07, 6.45) is 0.268. The molecule has 0 aliphatic carbocycles. The fourth-order valence-corrected chi connectivity index (χ4v) is 0.715. The van der Waals surface area contributed by atoms with Crippen molar-refractivity contribution in [3.05, 3.63) is 12.0 Å². The van der Waals surface area contributed by atoms with Gasteiger partial charge in [0.15, 0.2) is 11.9 Å². The van der Waals surface area contributed by atoms with Crippen LogP contribution in [0.1, 0.15) is 6.42 Å². The largest absolute Gasteiger partial charge is 0.509 e. The predicted molar refractivity (Wildman–Crippen MR) is 32.3 cm³/mol. The second kappa shape index (κ2) is 2.70. The normalized spacial score (nSPS) is 25.5. The van der Waals surface area contributed by atoms with Crippen LogP contribution in [0.25, 0.3) is 0 Å². The third-order valence-electron chi connectivity index (χ3n) is 1.25. The highest BCUT2D eigenvalue weighted by molar-refractivity contribution is 5.85. The number of aliphatic hydroxyl groups excluding tert-OH is 2. The van der Waals surface area contributed by atoms with Gasteiger partial charge in [-0.15, -0.1) is 0 Å². The van der Waals surface area contributed by atoms with Crippen LogP contribution in [0.4, 0.5) is 0 Å². The van der Waals surface area contributed by atoms with E-state index in [0.29, 0.717) is 0 Å². The Bertz CT molecular complexity index is 173. The van der Waals surface area contributed by atoms with Gasteiger partial charge in [-0.3, -0.25) is 4.79 Å². The van der Waals surface area contributed by atoms with E-state index in [4.69, 9.17) is 10.2 Å². The molecule has 4 heteroatoms. The molecule has 10 heavy (non-hydrogen) atoms. The first kappa shape index (κ1) is 7.08. The zero-order valence-electron chi connectivity index (χ0n) is 5.28. The number of Topliss-reactive ketones (excluding diaryl/α,β-unsaturated/α-hetero) is 1. The minimum atomic E-state index is -0.782. The summed E-state index contributed by atoms with van der Waals surface area (Å²) < 4.78 is 4.64. The maximum absolute atomic E-state index is 10.7. The standard InChI is InChI=1S/C6H8O4/c7-2-6-5(9)1-4(8)3-10-6/h3,6-8H,1-2H2. The van der Waals surface area contributed by atoms with Crippen LogP contribution in [0.5, 0.6) is 0 Å². The number of hydrogen-bond donors (Lipinski definition) is 2. The van der Waals surface area contributed by atoms with Gasteiger partial charge in [-0.1, -0.05) is 0 Å². The number of ketones is 1. The lowest BCUT2D eigenvalue weighted by atomic mass is 10.1. The lowest BCUT2D eigenvalue weighted by Gasteiger charge is -2.16. The average molecular weight is 144 g/mol. The van der Waals surface area contributed by atoms with Crippen molar-refractivity contribution in [2.45, 2.75) is 12.5 Å². The molecule has 1 unspecified atom stereocenters. The van der Waals surface area contributed by atoms with E-state index in [2.05, 4.69) is 4.74 Å². The number of ether oxygens (including phenoxy) is 1. The highest BCUT2D eigenvalue weighted by atomic mass is 16.5. The summed E-state index contributed by atoms with van der Waals surface area (Å²) in [5.41, 5.74) is 0. The first-order valence-corrected chi connectivity index (χ1v) is 2.91. The van der Waals surface area contributed by atoms with Gasteiger partial charge in [0.05, 0.1) is 13.0 Å². The minimum absolute atomic E-state index is 0.0365. The van der Waals surface area contributed by atoms with Crippen LogP contribution in [0.3, 0.4) is 0 Å². The molecule has 0 saturated heterocycles. The molecule has 0 saturated carbocycles. The molecule has 0 spiro atoms. The number of allylic oxidation sites excluding steroid dienone is 1. The zero-order chi connectivity index (χ0) is 7.56. The molecule has 0 amide bonds. The SMILES string of the molecule is O=C1CC(O)=COC1CO. The topological polar surface area (TPSA) is 66.8 Å². The van der Waals surface area contributed by atoms with Gasteiger partial charge in [0.2, 0.25) is 0 Å². The van der Waals surface area contributed by atoms with Gasteiger partial charge in [-0.2, -0.15) is 0 Å². The van der Waals surface area contributed by atoms with Crippen molar-refractivity contribution >= 4 is 5.78 Å². The van der Waals surface area contributed by atoms with Crippen LogP contribution < -0.4 is 0 Å². The summed E-state index contributed by atoms with van der Waals surface area (Å²) >= 11 is 0. The first-order chi connectivity index (χ1) is 4.74. The fraction of sp³-hybridized carbons (Fsp3) is 0.500. The Hall–Kier alpha value is -1.03. The minimum Gasteiger partial charge on any atom is -0.509 e. The molecule has 1 aliphatic rings. The molecule has 1 rings (SSSR count). The van der Waals surface area contributed by atoms with Gasteiger partial charge in [0, 0.05) is 0 Å². The number of aliphatic hydroxyl groups is 2. The third kappa shape index (κ3) is 1.27. The summed E-state index contributed by atoms with van der Waals surface area (Å²) in [4.78, 5) is 10.7. The molecule has 0 aromatic rings. The van der Waals surface area contributed by atoms with Crippen molar-refractivity contribution in [1.82, 2.24) is 0 Å². The molecular formula is C6H8O4. The van der Waals surface area contributed by atoms with Gasteiger partial charge in [0.1, 0.15) is 12.0 Å². The van der Waals surface area contributed by atoms with Crippen LogP contribution in [0.15, 0.2) is 12.0 Å².